The zero-order valence-electron chi connectivity index (χ0n) is 11.3. The van der Waals surface area contributed by atoms with Crippen molar-refractivity contribution in [3.05, 3.63) is 24.2 Å². The molecule has 10 nitrogen and oxygen atoms in total. The Morgan fingerprint density at radius 3 is 3.05 bits per heavy atom. The Hall–Kier alpha value is -2.91. The van der Waals surface area contributed by atoms with Crippen LogP contribution in [-0.2, 0) is 22.6 Å². The second-order valence-corrected chi connectivity index (χ2v) is 3.90. The Labute approximate surface area is 119 Å². The number of anilines is 1. The van der Waals surface area contributed by atoms with E-state index < -0.39 is 12.0 Å². The summed E-state index contributed by atoms with van der Waals surface area (Å²) >= 11 is 0. The zero-order valence-corrected chi connectivity index (χ0v) is 11.3. The zero-order chi connectivity index (χ0) is 15.1. The van der Waals surface area contributed by atoms with Gasteiger partial charge in [-0.15, -0.1) is 0 Å². The molecular weight excluding hydrogens is 280 g/mol. The molecule has 0 spiro atoms. The summed E-state index contributed by atoms with van der Waals surface area (Å²) < 4.78 is 10.8. The second-order valence-electron chi connectivity index (χ2n) is 3.90. The van der Waals surface area contributed by atoms with Crippen LogP contribution in [0.5, 0.6) is 0 Å². The maximum Gasteiger partial charge on any atom is 0.327 e. The summed E-state index contributed by atoms with van der Waals surface area (Å²) in [5.74, 6) is -0.445. The monoisotopic (exact) mass is 294 g/mol. The number of hydrogen-bond acceptors (Lipinski definition) is 7. The first-order valence-electron chi connectivity index (χ1n) is 6.16. The lowest BCUT2D eigenvalue weighted by Crippen LogP contribution is -2.30. The minimum atomic E-state index is -0.504. The number of amides is 2. The first-order valence-corrected chi connectivity index (χ1v) is 6.16. The van der Waals surface area contributed by atoms with Crippen LogP contribution in [0.4, 0.5) is 10.7 Å². The molecule has 2 amide bonds. The molecule has 0 aliphatic carbocycles. The standard InChI is InChI=1S/C11H14N6O4/c1-2-21-9(18)6-17-10(14-15-16-17)13-11(19)12-5-8-3-4-20-7-8/h3-4,7H,2,5-6H2,1H3,(H2,12,13,14,16,19). The molecule has 0 saturated heterocycles. The van der Waals surface area contributed by atoms with Crippen molar-refractivity contribution in [2.75, 3.05) is 11.9 Å². The first-order chi connectivity index (χ1) is 10.2. The third-order valence-corrected chi connectivity index (χ3v) is 2.37. The maximum atomic E-state index is 11.7. The normalized spacial score (nSPS) is 10.1. The summed E-state index contributed by atoms with van der Waals surface area (Å²) in [6, 6.07) is 1.22. The highest BCUT2D eigenvalue weighted by atomic mass is 16.5. The molecule has 0 aromatic carbocycles. The minimum Gasteiger partial charge on any atom is -0.472 e. The van der Waals surface area contributed by atoms with Crippen molar-refractivity contribution in [2.24, 2.45) is 0 Å². The molecule has 2 heterocycles. The topological polar surface area (TPSA) is 124 Å². The van der Waals surface area contributed by atoms with E-state index in [1.807, 2.05) is 0 Å². The van der Waals surface area contributed by atoms with E-state index in [4.69, 9.17) is 9.15 Å². The van der Waals surface area contributed by atoms with Gasteiger partial charge in [0.25, 0.3) is 5.95 Å². The van der Waals surface area contributed by atoms with Crippen LogP contribution < -0.4 is 10.6 Å². The van der Waals surface area contributed by atoms with Crippen LogP contribution in [0.25, 0.3) is 0 Å². The summed E-state index contributed by atoms with van der Waals surface area (Å²) in [7, 11) is 0. The van der Waals surface area contributed by atoms with Gasteiger partial charge in [-0.1, -0.05) is 5.10 Å². The van der Waals surface area contributed by atoms with Crippen molar-refractivity contribution in [3.8, 4) is 0 Å². The Morgan fingerprint density at radius 2 is 2.33 bits per heavy atom. The van der Waals surface area contributed by atoms with E-state index in [9.17, 15) is 9.59 Å². The predicted molar refractivity (Wildman–Crippen MR) is 69.0 cm³/mol. The Morgan fingerprint density at radius 1 is 1.48 bits per heavy atom. The van der Waals surface area contributed by atoms with Crippen LogP contribution in [0.3, 0.4) is 0 Å². The maximum absolute atomic E-state index is 11.7. The number of nitrogens with zero attached hydrogens (tertiary/aromatic N) is 4. The molecular formula is C11H14N6O4. The molecule has 0 radical (unpaired) electrons. The molecule has 2 aromatic heterocycles. The number of ether oxygens (including phenoxy) is 1. The number of furan rings is 1. The van der Waals surface area contributed by atoms with Crippen LogP contribution in [0, 0.1) is 0 Å². The van der Waals surface area contributed by atoms with Crippen LogP contribution in [-0.4, -0.2) is 38.8 Å². The molecule has 10 heteroatoms. The third-order valence-electron chi connectivity index (χ3n) is 2.37. The summed E-state index contributed by atoms with van der Waals surface area (Å²) in [5.41, 5.74) is 0.816. The lowest BCUT2D eigenvalue weighted by Gasteiger charge is -2.06. The van der Waals surface area contributed by atoms with E-state index >= 15 is 0 Å². The molecule has 2 N–H and O–H groups in total. The molecule has 0 fully saturated rings. The van der Waals surface area contributed by atoms with Crippen molar-refractivity contribution >= 4 is 17.9 Å². The van der Waals surface area contributed by atoms with Crippen molar-refractivity contribution in [1.29, 1.82) is 0 Å². The van der Waals surface area contributed by atoms with E-state index in [0.717, 1.165) is 10.2 Å². The van der Waals surface area contributed by atoms with Crippen LogP contribution >= 0.6 is 0 Å². The van der Waals surface area contributed by atoms with Gasteiger partial charge in [-0.3, -0.25) is 10.1 Å². The number of urea groups is 1. The molecule has 112 valence electrons. The highest BCUT2D eigenvalue weighted by molar-refractivity contribution is 5.87. The van der Waals surface area contributed by atoms with E-state index in [1.165, 1.54) is 12.5 Å². The van der Waals surface area contributed by atoms with Gasteiger partial charge in [0.2, 0.25) is 0 Å². The number of carbonyl (C=O) groups is 2. The molecule has 0 aliphatic rings. The van der Waals surface area contributed by atoms with Crippen LogP contribution in [0.2, 0.25) is 0 Å². The van der Waals surface area contributed by atoms with Gasteiger partial charge in [0.15, 0.2) is 0 Å². The molecule has 21 heavy (non-hydrogen) atoms. The van der Waals surface area contributed by atoms with Gasteiger partial charge in [0.1, 0.15) is 6.54 Å². The van der Waals surface area contributed by atoms with Crippen LogP contribution in [0.15, 0.2) is 23.0 Å². The van der Waals surface area contributed by atoms with Gasteiger partial charge in [-0.2, -0.15) is 0 Å². The molecule has 0 saturated carbocycles. The van der Waals surface area contributed by atoms with E-state index in [1.54, 1.807) is 13.0 Å². The lowest BCUT2D eigenvalue weighted by molar-refractivity contribution is -0.144. The largest absolute Gasteiger partial charge is 0.472 e. The predicted octanol–water partition coefficient (Wildman–Crippen LogP) is 0.151. The minimum absolute atomic E-state index is 0.0488. The van der Waals surface area contributed by atoms with Gasteiger partial charge in [0.05, 0.1) is 19.1 Å². The van der Waals surface area contributed by atoms with Gasteiger partial charge < -0.3 is 14.5 Å². The second kappa shape index (κ2) is 7.03. The van der Waals surface area contributed by atoms with Crippen molar-refractivity contribution < 1.29 is 18.7 Å². The fraction of sp³-hybridized carbons (Fsp3) is 0.364. The fourth-order valence-electron chi connectivity index (χ4n) is 1.45. The number of aromatic nitrogens is 4. The fourth-order valence-corrected chi connectivity index (χ4v) is 1.45. The van der Waals surface area contributed by atoms with Crippen molar-refractivity contribution in [1.82, 2.24) is 25.5 Å². The number of esters is 1. The number of tetrazole rings is 1. The third kappa shape index (κ3) is 4.30. The lowest BCUT2D eigenvalue weighted by atomic mass is 10.3. The van der Waals surface area contributed by atoms with Crippen LogP contribution in [0.1, 0.15) is 12.5 Å². The molecule has 0 aliphatic heterocycles. The Bertz CT molecular complexity index is 594. The molecule has 0 bridgehead atoms. The van der Waals surface area contributed by atoms with Gasteiger partial charge >= 0.3 is 12.0 Å². The summed E-state index contributed by atoms with van der Waals surface area (Å²) in [5, 5.41) is 15.6. The Kier molecular flexibility index (Phi) is 4.85. The number of rotatable bonds is 6. The highest BCUT2D eigenvalue weighted by Crippen LogP contribution is 2.01. The number of nitrogens with one attached hydrogen (secondary N) is 2. The van der Waals surface area contributed by atoms with Gasteiger partial charge in [0, 0.05) is 12.1 Å². The first kappa shape index (κ1) is 14.5. The SMILES string of the molecule is CCOC(=O)Cn1nnnc1NC(=O)NCc1ccoc1. The van der Waals surface area contributed by atoms with E-state index in [2.05, 4.69) is 26.2 Å². The molecule has 0 unspecified atom stereocenters. The smallest absolute Gasteiger partial charge is 0.327 e. The van der Waals surface area contributed by atoms with Gasteiger partial charge in [-0.25, -0.2) is 9.48 Å². The summed E-state index contributed by atoms with van der Waals surface area (Å²) in [6.07, 6.45) is 3.03. The average molecular weight is 294 g/mol. The molecule has 2 rings (SSSR count). The number of hydrogen-bond donors (Lipinski definition) is 2. The summed E-state index contributed by atoms with van der Waals surface area (Å²) in [4.78, 5) is 23.0. The molecule has 0 atom stereocenters. The van der Waals surface area contributed by atoms with Crippen molar-refractivity contribution in [2.45, 2.75) is 20.0 Å². The van der Waals surface area contributed by atoms with E-state index in [-0.39, 0.29) is 19.1 Å². The average Bonchev–Trinajstić information content (AvgIpc) is 3.09. The van der Waals surface area contributed by atoms with E-state index in [0.29, 0.717) is 6.54 Å². The van der Waals surface area contributed by atoms with Crippen molar-refractivity contribution in [3.63, 3.8) is 0 Å². The molecule has 2 aromatic rings. The van der Waals surface area contributed by atoms with Gasteiger partial charge in [-0.05, 0) is 23.4 Å². The highest BCUT2D eigenvalue weighted by Gasteiger charge is 2.13. The summed E-state index contributed by atoms with van der Waals surface area (Å²) in [6.45, 7) is 2.06. The Balaban J connectivity index is 1.86. The quantitative estimate of drug-likeness (QED) is 0.726. The number of carbonyl (C=O) groups excluding carboxylic acids is 2.